The Morgan fingerprint density at radius 3 is 2.57 bits per heavy atom. The average molecular weight is 372 g/mol. The molecule has 2 aliphatic heterocycles. The van der Waals surface area contributed by atoms with Gasteiger partial charge in [0.1, 0.15) is 6.04 Å². The first kappa shape index (κ1) is 22.9. The Kier molecular flexibility index (Phi) is 11.4. The number of nitrogens with one attached hydrogen (secondary N) is 1. The normalized spacial score (nSPS) is 24.2. The summed E-state index contributed by atoms with van der Waals surface area (Å²) in [6.45, 7) is 7.36. The van der Waals surface area contributed by atoms with E-state index in [4.69, 9.17) is 4.74 Å². The third-order valence-corrected chi connectivity index (χ3v) is 4.36. The number of hydrogen-bond acceptors (Lipinski definition) is 5. The van der Waals surface area contributed by atoms with Crippen LogP contribution in [0.25, 0.3) is 0 Å². The van der Waals surface area contributed by atoms with E-state index in [1.54, 1.807) is 0 Å². The second-order valence-corrected chi connectivity index (χ2v) is 6.39. The van der Waals surface area contributed by atoms with Crippen molar-refractivity contribution in [3.63, 3.8) is 0 Å². The highest BCUT2D eigenvalue weighted by atomic mass is 35.5. The molecule has 2 unspecified atom stereocenters. The molecule has 0 radical (unpaired) electrons. The largest absolute Gasteiger partial charge is 0.392 e. The number of ether oxygens (including phenoxy) is 1. The first-order valence-corrected chi connectivity index (χ1v) is 8.02. The van der Waals surface area contributed by atoms with Crippen LogP contribution in [0.5, 0.6) is 0 Å². The molecule has 2 fully saturated rings. The molecule has 1 amide bonds. The number of morpholine rings is 1. The van der Waals surface area contributed by atoms with E-state index in [1.165, 1.54) is 0 Å². The molecule has 0 spiro atoms. The van der Waals surface area contributed by atoms with Gasteiger partial charge in [0.2, 0.25) is 5.91 Å². The van der Waals surface area contributed by atoms with Gasteiger partial charge in [-0.15, -0.1) is 24.8 Å². The number of β-amino-alcohol motifs (C(OH)–C–C–N with tert-alkyl or cyclic N) is 1. The molecular weight excluding hydrogens is 341 g/mol. The first-order valence-electron chi connectivity index (χ1n) is 8.02. The number of nitrogens with zero attached hydrogens (tertiary/aromatic N) is 2. The number of hydrogen-bond donors (Lipinski definition) is 2. The smallest absolute Gasteiger partial charge is 0.241 e. The number of piperidine rings is 1. The number of likely N-dealkylation sites (tertiary alicyclic amines) is 1. The fraction of sp³-hybridized carbons (Fsp3) is 0.933. The van der Waals surface area contributed by atoms with E-state index in [0.29, 0.717) is 19.1 Å². The average Bonchev–Trinajstić information content (AvgIpc) is 2.49. The van der Waals surface area contributed by atoms with Crippen molar-refractivity contribution in [3.8, 4) is 0 Å². The summed E-state index contributed by atoms with van der Waals surface area (Å²) in [6.07, 6.45) is 1.93. The number of aliphatic hydroxyl groups excluding tert-OH is 1. The Labute approximate surface area is 151 Å². The van der Waals surface area contributed by atoms with Crippen LogP contribution >= 0.6 is 24.8 Å². The highest BCUT2D eigenvalue weighted by molar-refractivity contribution is 5.85. The summed E-state index contributed by atoms with van der Waals surface area (Å²) < 4.78 is 5.35. The first-order chi connectivity index (χ1) is 10.1. The van der Waals surface area contributed by atoms with Crippen LogP contribution in [0.3, 0.4) is 0 Å². The summed E-state index contributed by atoms with van der Waals surface area (Å²) >= 11 is 0. The van der Waals surface area contributed by atoms with E-state index in [1.807, 2.05) is 18.9 Å². The van der Waals surface area contributed by atoms with Gasteiger partial charge in [0.25, 0.3) is 0 Å². The van der Waals surface area contributed by atoms with Gasteiger partial charge in [-0.3, -0.25) is 4.79 Å². The van der Waals surface area contributed by atoms with Crippen LogP contribution in [0.4, 0.5) is 0 Å². The monoisotopic (exact) mass is 371 g/mol. The number of rotatable bonds is 5. The molecule has 2 aliphatic rings. The maximum absolute atomic E-state index is 12.3. The zero-order valence-electron chi connectivity index (χ0n) is 14.1. The fourth-order valence-electron chi connectivity index (χ4n) is 3.19. The number of halogens is 2. The van der Waals surface area contributed by atoms with Gasteiger partial charge >= 0.3 is 0 Å². The van der Waals surface area contributed by atoms with Crippen molar-refractivity contribution < 1.29 is 14.6 Å². The van der Waals surface area contributed by atoms with Crippen molar-refractivity contribution >= 4 is 30.7 Å². The van der Waals surface area contributed by atoms with E-state index >= 15 is 0 Å². The third-order valence-electron chi connectivity index (χ3n) is 4.36. The minimum Gasteiger partial charge on any atom is -0.392 e. The van der Waals surface area contributed by atoms with Crippen LogP contribution in [0, 0.1) is 5.92 Å². The van der Waals surface area contributed by atoms with E-state index in [9.17, 15) is 9.90 Å². The van der Waals surface area contributed by atoms with Gasteiger partial charge in [-0.05, 0) is 38.8 Å². The quantitative estimate of drug-likeness (QED) is 0.730. The summed E-state index contributed by atoms with van der Waals surface area (Å²) in [5.41, 5.74) is 0. The zero-order valence-corrected chi connectivity index (χ0v) is 15.7. The molecule has 0 aromatic rings. The molecule has 0 bridgehead atoms. The Morgan fingerprint density at radius 2 is 2.04 bits per heavy atom. The molecule has 138 valence electrons. The third kappa shape index (κ3) is 7.54. The fourth-order valence-corrected chi connectivity index (χ4v) is 3.19. The number of amides is 1. The van der Waals surface area contributed by atoms with Crippen LogP contribution < -0.4 is 5.32 Å². The maximum atomic E-state index is 12.3. The molecule has 0 saturated carbocycles. The van der Waals surface area contributed by atoms with Gasteiger partial charge in [0.15, 0.2) is 0 Å². The lowest BCUT2D eigenvalue weighted by molar-refractivity contribution is -0.135. The van der Waals surface area contributed by atoms with Gasteiger partial charge < -0.3 is 25.0 Å². The SMILES string of the molecule is CC(O)CN1CCC(CN(C)C(=O)C2COCCN2)CC1.Cl.Cl. The van der Waals surface area contributed by atoms with E-state index < -0.39 is 0 Å². The van der Waals surface area contributed by atoms with Crippen molar-refractivity contribution in [2.45, 2.75) is 31.9 Å². The zero-order chi connectivity index (χ0) is 15.2. The highest BCUT2D eigenvalue weighted by Gasteiger charge is 2.27. The van der Waals surface area contributed by atoms with Gasteiger partial charge in [-0.2, -0.15) is 0 Å². The van der Waals surface area contributed by atoms with Crippen molar-refractivity contribution in [1.29, 1.82) is 0 Å². The van der Waals surface area contributed by atoms with Gasteiger partial charge in [-0.1, -0.05) is 0 Å². The lowest BCUT2D eigenvalue weighted by Crippen LogP contribution is -2.52. The summed E-state index contributed by atoms with van der Waals surface area (Å²) in [7, 11) is 1.89. The minimum atomic E-state index is -0.261. The summed E-state index contributed by atoms with van der Waals surface area (Å²) in [6, 6.07) is -0.181. The lowest BCUT2D eigenvalue weighted by atomic mass is 9.96. The molecule has 0 aromatic heterocycles. The van der Waals surface area contributed by atoms with Gasteiger partial charge in [0, 0.05) is 26.7 Å². The molecule has 2 rings (SSSR count). The second-order valence-electron chi connectivity index (χ2n) is 6.39. The molecule has 2 heterocycles. The summed E-state index contributed by atoms with van der Waals surface area (Å²) in [4.78, 5) is 16.5. The molecule has 0 aromatic carbocycles. The Bertz CT molecular complexity index is 334. The number of aliphatic hydroxyl groups is 1. The Balaban J connectivity index is 0.00000242. The van der Waals surface area contributed by atoms with Crippen LogP contribution in [0.15, 0.2) is 0 Å². The minimum absolute atomic E-state index is 0. The number of carbonyl (C=O) groups excluding carboxylic acids is 1. The van der Waals surface area contributed by atoms with Crippen LogP contribution in [-0.4, -0.2) is 85.9 Å². The maximum Gasteiger partial charge on any atom is 0.241 e. The standard InChI is InChI=1S/C15H29N3O3.2ClH/c1-12(19)9-18-6-3-13(4-7-18)10-17(2)15(20)14-11-21-8-5-16-14;;/h12-14,16,19H,3-11H2,1-2H3;2*1H. The molecular formula is C15H31Cl2N3O3. The molecule has 2 N–H and O–H groups in total. The second kappa shape index (κ2) is 11.4. The van der Waals surface area contributed by atoms with Crippen LogP contribution in [0.2, 0.25) is 0 Å². The Morgan fingerprint density at radius 1 is 1.39 bits per heavy atom. The van der Waals surface area contributed by atoms with Crippen LogP contribution in [0.1, 0.15) is 19.8 Å². The van der Waals surface area contributed by atoms with E-state index in [2.05, 4.69) is 10.2 Å². The Hall–Kier alpha value is -0.110. The van der Waals surface area contributed by atoms with Crippen molar-refractivity contribution in [2.75, 3.05) is 53.0 Å². The predicted molar refractivity (Wildman–Crippen MR) is 95.6 cm³/mol. The molecule has 6 nitrogen and oxygen atoms in total. The topological polar surface area (TPSA) is 65.0 Å². The van der Waals surface area contributed by atoms with Gasteiger partial charge in [-0.25, -0.2) is 0 Å². The van der Waals surface area contributed by atoms with Crippen molar-refractivity contribution in [3.05, 3.63) is 0 Å². The van der Waals surface area contributed by atoms with E-state index in [0.717, 1.165) is 45.6 Å². The lowest BCUT2D eigenvalue weighted by Gasteiger charge is -2.35. The predicted octanol–water partition coefficient (Wildman–Crippen LogP) is 0.370. The van der Waals surface area contributed by atoms with Crippen LogP contribution in [-0.2, 0) is 9.53 Å². The summed E-state index contributed by atoms with van der Waals surface area (Å²) in [5, 5.41) is 12.6. The number of likely N-dealkylation sites (N-methyl/N-ethyl adjacent to an activating group) is 1. The number of carbonyl (C=O) groups is 1. The summed E-state index contributed by atoms with van der Waals surface area (Å²) in [5.74, 6) is 0.704. The molecule has 23 heavy (non-hydrogen) atoms. The highest BCUT2D eigenvalue weighted by Crippen LogP contribution is 2.18. The van der Waals surface area contributed by atoms with Gasteiger partial charge in [0.05, 0.1) is 19.3 Å². The molecule has 2 atom stereocenters. The van der Waals surface area contributed by atoms with Crippen molar-refractivity contribution in [1.82, 2.24) is 15.1 Å². The molecule has 0 aliphatic carbocycles. The molecule has 2 saturated heterocycles. The molecule has 8 heteroatoms. The van der Waals surface area contributed by atoms with Crippen molar-refractivity contribution in [2.24, 2.45) is 5.92 Å². The van der Waals surface area contributed by atoms with E-state index in [-0.39, 0.29) is 42.9 Å².